The minimum Gasteiger partial charge on any atom is -0.352 e. The van der Waals surface area contributed by atoms with Crippen molar-refractivity contribution in [1.82, 2.24) is 15.4 Å². The zero-order chi connectivity index (χ0) is 24.4. The van der Waals surface area contributed by atoms with E-state index in [1.54, 1.807) is 12.1 Å². The number of sulfonamides is 1. The van der Waals surface area contributed by atoms with Crippen LogP contribution < -0.4 is 15.4 Å². The Bertz CT molecular complexity index is 1190. The first-order valence-electron chi connectivity index (χ1n) is 10.7. The van der Waals surface area contributed by atoms with Gasteiger partial charge in [-0.3, -0.25) is 9.59 Å². The van der Waals surface area contributed by atoms with E-state index >= 15 is 0 Å². The first-order chi connectivity index (χ1) is 16.3. The second-order valence-corrected chi connectivity index (χ2v) is 10.3. The maximum Gasteiger partial charge on any atom is 0.241 e. The fraction of sp³-hybridized carbons (Fsp3) is 0.200. The van der Waals surface area contributed by atoms with Crippen molar-refractivity contribution < 1.29 is 18.0 Å². The summed E-state index contributed by atoms with van der Waals surface area (Å²) in [6, 6.07) is 23.7. The smallest absolute Gasteiger partial charge is 0.241 e. The topological polar surface area (TPSA) is 104 Å². The lowest BCUT2D eigenvalue weighted by Gasteiger charge is -2.19. The van der Waals surface area contributed by atoms with E-state index in [1.165, 1.54) is 12.1 Å². The lowest BCUT2D eigenvalue weighted by atomic mass is 10.1. The fourth-order valence-electron chi connectivity index (χ4n) is 3.18. The number of carbonyl (C=O) groups excluding carboxylic acids is 2. The molecule has 0 aliphatic carbocycles. The molecular formula is C25H26BrN3O4S. The molecule has 178 valence electrons. The van der Waals surface area contributed by atoms with Crippen LogP contribution in [0.2, 0.25) is 0 Å². The molecule has 0 aliphatic heterocycles. The van der Waals surface area contributed by atoms with E-state index < -0.39 is 22.0 Å². The van der Waals surface area contributed by atoms with Crippen LogP contribution in [-0.2, 0) is 32.7 Å². The first-order valence-corrected chi connectivity index (χ1v) is 13.0. The van der Waals surface area contributed by atoms with Crippen LogP contribution in [0, 0.1) is 0 Å². The summed E-state index contributed by atoms with van der Waals surface area (Å²) >= 11 is 3.28. The van der Waals surface area contributed by atoms with Crippen LogP contribution in [0.1, 0.15) is 24.0 Å². The molecule has 1 atom stereocenters. The number of amides is 2. The summed E-state index contributed by atoms with van der Waals surface area (Å²) in [5.41, 5.74) is 1.83. The third-order valence-electron chi connectivity index (χ3n) is 5.04. The van der Waals surface area contributed by atoms with Gasteiger partial charge in [-0.05, 0) is 41.8 Å². The largest absolute Gasteiger partial charge is 0.352 e. The number of benzene rings is 3. The highest BCUT2D eigenvalue weighted by molar-refractivity contribution is 9.10. The molecule has 7 nitrogen and oxygen atoms in total. The highest BCUT2D eigenvalue weighted by Crippen LogP contribution is 2.16. The van der Waals surface area contributed by atoms with Gasteiger partial charge in [0.2, 0.25) is 21.8 Å². The summed E-state index contributed by atoms with van der Waals surface area (Å²) in [6.07, 6.45) is -0.00385. The Kier molecular flexibility index (Phi) is 9.38. The lowest BCUT2D eigenvalue weighted by molar-refractivity contribution is -0.124. The van der Waals surface area contributed by atoms with Gasteiger partial charge in [-0.25, -0.2) is 8.42 Å². The normalized spacial score (nSPS) is 12.0. The molecular weight excluding hydrogens is 518 g/mol. The van der Waals surface area contributed by atoms with E-state index in [2.05, 4.69) is 31.3 Å². The third kappa shape index (κ3) is 8.09. The molecule has 0 bridgehead atoms. The predicted molar refractivity (Wildman–Crippen MR) is 134 cm³/mol. The van der Waals surface area contributed by atoms with Gasteiger partial charge in [0.15, 0.2) is 0 Å². The van der Waals surface area contributed by atoms with Crippen LogP contribution in [-0.4, -0.2) is 26.3 Å². The van der Waals surface area contributed by atoms with Gasteiger partial charge in [0.25, 0.3) is 0 Å². The highest BCUT2D eigenvalue weighted by Gasteiger charge is 2.26. The van der Waals surface area contributed by atoms with Crippen LogP contribution in [0.3, 0.4) is 0 Å². The molecule has 0 aromatic heterocycles. The Morgan fingerprint density at radius 1 is 0.765 bits per heavy atom. The van der Waals surface area contributed by atoms with Gasteiger partial charge < -0.3 is 10.6 Å². The van der Waals surface area contributed by atoms with Gasteiger partial charge in [-0.1, -0.05) is 76.6 Å². The van der Waals surface area contributed by atoms with Crippen LogP contribution >= 0.6 is 15.9 Å². The zero-order valence-corrected chi connectivity index (χ0v) is 20.8. The molecule has 3 rings (SSSR count). The zero-order valence-electron chi connectivity index (χ0n) is 18.4. The molecule has 0 unspecified atom stereocenters. The van der Waals surface area contributed by atoms with Crippen LogP contribution in [0.25, 0.3) is 0 Å². The van der Waals surface area contributed by atoms with Crippen molar-refractivity contribution in [2.75, 3.05) is 0 Å². The quantitative estimate of drug-likeness (QED) is 0.344. The van der Waals surface area contributed by atoms with E-state index in [-0.39, 0.29) is 30.2 Å². The molecule has 0 fully saturated rings. The average Bonchev–Trinajstić information content (AvgIpc) is 2.85. The number of hydrogen-bond donors (Lipinski definition) is 3. The van der Waals surface area contributed by atoms with Gasteiger partial charge in [-0.15, -0.1) is 0 Å². The van der Waals surface area contributed by atoms with Gasteiger partial charge in [0.1, 0.15) is 6.04 Å². The summed E-state index contributed by atoms with van der Waals surface area (Å²) in [4.78, 5) is 25.3. The van der Waals surface area contributed by atoms with E-state index in [4.69, 9.17) is 0 Å². The summed E-state index contributed by atoms with van der Waals surface area (Å²) in [5, 5.41) is 5.56. The molecule has 0 heterocycles. The summed E-state index contributed by atoms with van der Waals surface area (Å²) in [5.74, 6) is -0.770. The van der Waals surface area contributed by atoms with Crippen molar-refractivity contribution in [3.63, 3.8) is 0 Å². The second kappa shape index (κ2) is 12.5. The van der Waals surface area contributed by atoms with E-state index in [1.807, 2.05) is 60.7 Å². The number of halogens is 1. The summed E-state index contributed by atoms with van der Waals surface area (Å²) < 4.78 is 29.0. The van der Waals surface area contributed by atoms with Crippen molar-refractivity contribution in [3.05, 3.63) is 101 Å². The van der Waals surface area contributed by atoms with Crippen molar-refractivity contribution in [3.8, 4) is 0 Å². The van der Waals surface area contributed by atoms with Crippen LogP contribution in [0.4, 0.5) is 0 Å². The number of rotatable bonds is 11. The predicted octanol–water partition coefficient (Wildman–Crippen LogP) is 3.51. The van der Waals surface area contributed by atoms with Gasteiger partial charge in [-0.2, -0.15) is 4.72 Å². The van der Waals surface area contributed by atoms with Crippen molar-refractivity contribution >= 4 is 37.8 Å². The molecule has 0 spiro atoms. The first kappa shape index (κ1) is 25.6. The summed E-state index contributed by atoms with van der Waals surface area (Å²) in [7, 11) is -3.97. The van der Waals surface area contributed by atoms with Crippen molar-refractivity contribution in [1.29, 1.82) is 0 Å². The van der Waals surface area contributed by atoms with E-state index in [9.17, 15) is 18.0 Å². The Morgan fingerprint density at radius 2 is 1.29 bits per heavy atom. The summed E-state index contributed by atoms with van der Waals surface area (Å²) in [6.45, 7) is 0.603. The highest BCUT2D eigenvalue weighted by atomic mass is 79.9. The third-order valence-corrected chi connectivity index (χ3v) is 7.06. The van der Waals surface area contributed by atoms with Crippen LogP contribution in [0.15, 0.2) is 94.3 Å². The molecule has 0 aliphatic rings. The Hall–Kier alpha value is -3.01. The SMILES string of the molecule is O=C(CC[C@H](NS(=O)(=O)c1ccc(Br)cc1)C(=O)NCc1ccccc1)NCc1ccccc1. The Morgan fingerprint density at radius 3 is 1.85 bits per heavy atom. The molecule has 0 saturated carbocycles. The Balaban J connectivity index is 1.65. The molecule has 3 aromatic rings. The Labute approximate surface area is 208 Å². The minimum atomic E-state index is -3.97. The molecule has 3 aromatic carbocycles. The fourth-order valence-corrected chi connectivity index (χ4v) is 4.68. The minimum absolute atomic E-state index is 0.0109. The van der Waals surface area contributed by atoms with Gasteiger partial charge in [0, 0.05) is 24.0 Å². The number of hydrogen-bond acceptors (Lipinski definition) is 4. The maximum absolute atomic E-state index is 12.9. The van der Waals surface area contributed by atoms with Crippen molar-refractivity contribution in [2.24, 2.45) is 0 Å². The molecule has 2 amide bonds. The van der Waals surface area contributed by atoms with Crippen molar-refractivity contribution in [2.45, 2.75) is 36.9 Å². The van der Waals surface area contributed by atoms with Crippen LogP contribution in [0.5, 0.6) is 0 Å². The second-order valence-electron chi connectivity index (χ2n) is 7.63. The lowest BCUT2D eigenvalue weighted by Crippen LogP contribution is -2.47. The maximum atomic E-state index is 12.9. The molecule has 3 N–H and O–H groups in total. The molecule has 0 saturated heterocycles. The average molecular weight is 544 g/mol. The molecule has 0 radical (unpaired) electrons. The standard InChI is InChI=1S/C25H26BrN3O4S/c26-21-11-13-22(14-12-21)34(32,33)29-23(25(31)28-18-20-9-5-2-6-10-20)15-16-24(30)27-17-19-7-3-1-4-8-19/h1-14,23,29H,15-18H2,(H,27,30)(H,28,31)/t23-/m0/s1. The van der Waals surface area contributed by atoms with E-state index in [0.717, 1.165) is 15.6 Å². The molecule has 34 heavy (non-hydrogen) atoms. The number of carbonyl (C=O) groups is 2. The van der Waals surface area contributed by atoms with E-state index in [0.29, 0.717) is 6.54 Å². The van der Waals surface area contributed by atoms with Gasteiger partial charge in [0.05, 0.1) is 4.90 Å². The van der Waals surface area contributed by atoms with Gasteiger partial charge >= 0.3 is 0 Å². The monoisotopic (exact) mass is 543 g/mol. The number of nitrogens with one attached hydrogen (secondary N) is 3. The molecule has 9 heteroatoms.